The first-order chi connectivity index (χ1) is 16.5. The number of carbonyl (C=O) groups is 3. The summed E-state index contributed by atoms with van der Waals surface area (Å²) in [6.45, 7) is 4.60. The fraction of sp³-hybridized carbons (Fsp3) is 0.375. The summed E-state index contributed by atoms with van der Waals surface area (Å²) in [5.41, 5.74) is 0.417. The van der Waals surface area contributed by atoms with E-state index >= 15 is 0 Å². The zero-order valence-electron chi connectivity index (χ0n) is 19.6. The molecule has 0 fully saturated rings. The van der Waals surface area contributed by atoms with Crippen molar-refractivity contribution in [1.29, 1.82) is 0 Å². The van der Waals surface area contributed by atoms with E-state index in [9.17, 15) is 22.8 Å². The Balaban J connectivity index is 1.97. The van der Waals surface area contributed by atoms with E-state index in [1.807, 2.05) is 13.8 Å². The van der Waals surface area contributed by atoms with Crippen LogP contribution in [0.5, 0.6) is 0 Å². The predicted molar refractivity (Wildman–Crippen MR) is 134 cm³/mol. The molecule has 1 heterocycles. The van der Waals surface area contributed by atoms with Gasteiger partial charge in [-0.05, 0) is 44.0 Å². The third kappa shape index (κ3) is 5.47. The van der Waals surface area contributed by atoms with E-state index in [-0.39, 0.29) is 29.5 Å². The first-order valence-electron chi connectivity index (χ1n) is 11.2. The van der Waals surface area contributed by atoms with E-state index in [0.29, 0.717) is 26.3 Å². The van der Waals surface area contributed by atoms with Gasteiger partial charge in [0.05, 0.1) is 5.56 Å². The topological polar surface area (TPSA) is 104 Å². The number of nitrogens with one attached hydrogen (secondary N) is 1. The van der Waals surface area contributed by atoms with Crippen molar-refractivity contribution in [1.82, 2.24) is 14.5 Å². The van der Waals surface area contributed by atoms with Gasteiger partial charge < -0.3 is 10.2 Å². The van der Waals surface area contributed by atoms with Gasteiger partial charge in [0.2, 0.25) is 11.8 Å². The van der Waals surface area contributed by atoms with Crippen LogP contribution in [0.3, 0.4) is 0 Å². The highest BCUT2D eigenvalue weighted by atomic mass is 35.5. The summed E-state index contributed by atoms with van der Waals surface area (Å²) in [6.07, 6.45) is 0.933. The summed E-state index contributed by atoms with van der Waals surface area (Å²) in [5, 5.41) is 3.46. The Bertz CT molecular complexity index is 1230. The molecule has 2 unspecified atom stereocenters. The molecule has 35 heavy (non-hydrogen) atoms. The molecule has 0 spiro atoms. The van der Waals surface area contributed by atoms with Gasteiger partial charge in [0.1, 0.15) is 17.5 Å². The summed E-state index contributed by atoms with van der Waals surface area (Å²) < 4.78 is 26.5. The van der Waals surface area contributed by atoms with Crippen molar-refractivity contribution in [3.8, 4) is 0 Å². The van der Waals surface area contributed by atoms with E-state index in [1.54, 1.807) is 31.2 Å². The number of carbonyl (C=O) groups excluding carboxylic acids is 3. The largest absolute Gasteiger partial charge is 0.352 e. The number of amides is 3. The van der Waals surface area contributed by atoms with E-state index in [4.69, 9.17) is 23.2 Å². The summed E-state index contributed by atoms with van der Waals surface area (Å²) in [4.78, 5) is 40.6. The number of fused-ring (bicyclic) bond motifs is 1. The van der Waals surface area contributed by atoms with Crippen LogP contribution in [0, 0.1) is 0 Å². The minimum atomic E-state index is -4.21. The average Bonchev–Trinajstić information content (AvgIpc) is 3.01. The third-order valence-electron chi connectivity index (χ3n) is 5.97. The average molecular weight is 540 g/mol. The molecule has 0 bridgehead atoms. The lowest BCUT2D eigenvalue weighted by atomic mass is 10.1. The van der Waals surface area contributed by atoms with Gasteiger partial charge in [0, 0.05) is 28.2 Å². The first-order valence-corrected chi connectivity index (χ1v) is 13.4. The lowest BCUT2D eigenvalue weighted by Crippen LogP contribution is -2.53. The Kier molecular flexibility index (Phi) is 8.46. The molecule has 2 aromatic rings. The number of sulfonamides is 1. The number of halogens is 2. The molecule has 3 amide bonds. The van der Waals surface area contributed by atoms with Crippen molar-refractivity contribution in [3.05, 3.63) is 63.6 Å². The second-order valence-corrected chi connectivity index (χ2v) is 10.9. The highest BCUT2D eigenvalue weighted by molar-refractivity contribution is 7.90. The quantitative estimate of drug-likeness (QED) is 0.520. The van der Waals surface area contributed by atoms with Crippen LogP contribution in [0.2, 0.25) is 10.0 Å². The smallest absolute Gasteiger partial charge is 0.269 e. The highest BCUT2D eigenvalue weighted by Crippen LogP contribution is 2.31. The second kappa shape index (κ2) is 11.0. The summed E-state index contributed by atoms with van der Waals surface area (Å²) >= 11 is 12.7. The monoisotopic (exact) mass is 539 g/mol. The minimum absolute atomic E-state index is 0.00236. The molecule has 188 valence electrons. The number of nitrogens with zero attached hydrogens (tertiary/aromatic N) is 2. The van der Waals surface area contributed by atoms with Gasteiger partial charge in [0.15, 0.2) is 0 Å². The molecule has 2 aromatic carbocycles. The van der Waals surface area contributed by atoms with Crippen molar-refractivity contribution in [2.75, 3.05) is 6.54 Å². The van der Waals surface area contributed by atoms with Crippen LogP contribution in [0.15, 0.2) is 47.4 Å². The Labute approximate surface area is 215 Å². The fourth-order valence-corrected chi connectivity index (χ4v) is 5.85. The summed E-state index contributed by atoms with van der Waals surface area (Å²) in [6, 6.07) is 9.58. The lowest BCUT2D eigenvalue weighted by Gasteiger charge is -2.32. The van der Waals surface area contributed by atoms with Gasteiger partial charge in [0.25, 0.3) is 15.9 Å². The van der Waals surface area contributed by atoms with E-state index in [0.717, 1.165) is 0 Å². The second-order valence-electron chi connectivity index (χ2n) is 8.28. The maximum absolute atomic E-state index is 13.6. The van der Waals surface area contributed by atoms with Crippen LogP contribution in [-0.2, 0) is 26.2 Å². The molecule has 1 aliphatic heterocycles. The van der Waals surface area contributed by atoms with E-state index in [1.165, 1.54) is 23.1 Å². The van der Waals surface area contributed by atoms with Crippen molar-refractivity contribution >= 4 is 50.9 Å². The molecule has 0 saturated carbocycles. The number of hydrogen-bond acceptors (Lipinski definition) is 5. The zero-order valence-corrected chi connectivity index (χ0v) is 22.0. The molecule has 11 heteroatoms. The SMILES string of the molecule is CCC(C)NC(=O)C(CC)N(Cc1c(Cl)cccc1Cl)C(=O)CN1C(=O)c2ccccc2S1(=O)=O. The maximum Gasteiger partial charge on any atom is 0.269 e. The van der Waals surface area contributed by atoms with Gasteiger partial charge in [-0.2, -0.15) is 0 Å². The molecule has 3 rings (SSSR count). The third-order valence-corrected chi connectivity index (χ3v) is 8.46. The van der Waals surface area contributed by atoms with Crippen molar-refractivity contribution in [2.45, 2.75) is 57.1 Å². The van der Waals surface area contributed by atoms with Gasteiger partial charge >= 0.3 is 0 Å². The van der Waals surface area contributed by atoms with Crippen LogP contribution in [0.1, 0.15) is 49.5 Å². The zero-order chi connectivity index (χ0) is 25.9. The molecular weight excluding hydrogens is 513 g/mol. The molecule has 8 nitrogen and oxygen atoms in total. The first kappa shape index (κ1) is 27.0. The van der Waals surface area contributed by atoms with Crippen LogP contribution >= 0.6 is 23.2 Å². The Morgan fingerprint density at radius 3 is 2.23 bits per heavy atom. The fourth-order valence-electron chi connectivity index (χ4n) is 3.82. The van der Waals surface area contributed by atoms with Gasteiger partial charge in [-0.15, -0.1) is 0 Å². The van der Waals surface area contributed by atoms with E-state index < -0.39 is 40.3 Å². The molecular formula is C24H27Cl2N3O5S. The van der Waals surface area contributed by atoms with Crippen LogP contribution in [0.4, 0.5) is 0 Å². The summed E-state index contributed by atoms with van der Waals surface area (Å²) in [5.74, 6) is -1.91. The number of benzene rings is 2. The molecule has 0 radical (unpaired) electrons. The molecule has 2 atom stereocenters. The van der Waals surface area contributed by atoms with Crippen LogP contribution < -0.4 is 5.32 Å². The Morgan fingerprint density at radius 1 is 1.03 bits per heavy atom. The van der Waals surface area contributed by atoms with Crippen molar-refractivity contribution in [2.24, 2.45) is 0 Å². The maximum atomic E-state index is 13.6. The normalized spacial score (nSPS) is 15.9. The minimum Gasteiger partial charge on any atom is -0.352 e. The molecule has 1 aliphatic rings. The Morgan fingerprint density at radius 2 is 1.66 bits per heavy atom. The highest BCUT2D eigenvalue weighted by Gasteiger charge is 2.43. The van der Waals surface area contributed by atoms with Gasteiger partial charge in [-0.3, -0.25) is 14.4 Å². The van der Waals surface area contributed by atoms with Crippen molar-refractivity contribution < 1.29 is 22.8 Å². The van der Waals surface area contributed by atoms with Crippen molar-refractivity contribution in [3.63, 3.8) is 0 Å². The standard InChI is InChI=1S/C24H27Cl2N3O5S/c1-4-15(3)27-23(31)20(5-2)28(13-17-18(25)10-8-11-19(17)26)22(30)14-29-24(32)16-9-6-7-12-21(16)35(29,33)34/h6-12,15,20H,4-5,13-14H2,1-3H3,(H,27,31). The molecule has 1 N–H and O–H groups in total. The Hall–Kier alpha value is -2.62. The summed E-state index contributed by atoms with van der Waals surface area (Å²) in [7, 11) is -4.21. The molecule has 0 aromatic heterocycles. The van der Waals surface area contributed by atoms with Crippen LogP contribution in [0.25, 0.3) is 0 Å². The number of hydrogen-bond donors (Lipinski definition) is 1. The lowest BCUT2D eigenvalue weighted by molar-refractivity contribution is -0.141. The van der Waals surface area contributed by atoms with Gasteiger partial charge in [-0.1, -0.05) is 55.2 Å². The predicted octanol–water partition coefficient (Wildman–Crippen LogP) is 3.86. The van der Waals surface area contributed by atoms with Crippen LogP contribution in [-0.4, -0.2) is 54.0 Å². The number of rotatable bonds is 9. The van der Waals surface area contributed by atoms with E-state index in [2.05, 4.69) is 5.32 Å². The molecule has 0 saturated heterocycles. The van der Waals surface area contributed by atoms with Gasteiger partial charge in [-0.25, -0.2) is 12.7 Å². The molecule has 0 aliphatic carbocycles.